The summed E-state index contributed by atoms with van der Waals surface area (Å²) in [7, 11) is 0. The van der Waals surface area contributed by atoms with Crippen molar-refractivity contribution in [3.05, 3.63) is 0 Å². The van der Waals surface area contributed by atoms with E-state index < -0.39 is 0 Å². The van der Waals surface area contributed by atoms with Crippen molar-refractivity contribution >= 4 is 11.4 Å². The molecule has 2 N–H and O–H groups in total. The fraction of sp³-hybridized carbons (Fsp3) is 0.667. The van der Waals surface area contributed by atoms with E-state index in [0.29, 0.717) is 17.3 Å². The lowest BCUT2D eigenvalue weighted by molar-refractivity contribution is 0.744. The van der Waals surface area contributed by atoms with Gasteiger partial charge in [0, 0.05) is 0 Å². The number of hydrogen-bond donors (Lipinski definition) is 2. The molecule has 1 rings (SSSR count). The van der Waals surface area contributed by atoms with Gasteiger partial charge >= 0.3 is 0 Å². The summed E-state index contributed by atoms with van der Waals surface area (Å²) in [4.78, 5) is 0. The Labute approximate surface area is 48.9 Å². The molecule has 1 aliphatic carbocycles. The average Bonchev–Trinajstić information content (AvgIpc) is 1.98. The Hall–Kier alpha value is -0.660. The summed E-state index contributed by atoms with van der Waals surface area (Å²) in [6, 6.07) is 0. The molecular formula is C6H10N2. The van der Waals surface area contributed by atoms with Gasteiger partial charge in [-0.15, -0.1) is 0 Å². The van der Waals surface area contributed by atoms with Crippen LogP contribution in [0.15, 0.2) is 0 Å². The van der Waals surface area contributed by atoms with E-state index in [9.17, 15) is 0 Å². The summed E-state index contributed by atoms with van der Waals surface area (Å²) in [5, 5.41) is 14.4. The molecule has 1 unspecified atom stereocenters. The van der Waals surface area contributed by atoms with Crippen molar-refractivity contribution in [2.75, 3.05) is 0 Å². The molecule has 2 heteroatoms. The van der Waals surface area contributed by atoms with E-state index in [2.05, 4.69) is 0 Å². The van der Waals surface area contributed by atoms with Gasteiger partial charge in [-0.05, 0) is 18.8 Å². The van der Waals surface area contributed by atoms with E-state index in [1.54, 1.807) is 0 Å². The van der Waals surface area contributed by atoms with Crippen LogP contribution in [-0.2, 0) is 0 Å². The SMILES string of the molecule is CC1CCC(=N)C1=N. The quantitative estimate of drug-likeness (QED) is 0.474. The van der Waals surface area contributed by atoms with Gasteiger partial charge in [-0.2, -0.15) is 0 Å². The zero-order chi connectivity index (χ0) is 6.15. The maximum atomic E-state index is 7.24. The molecule has 1 atom stereocenters. The summed E-state index contributed by atoms with van der Waals surface area (Å²) in [5.74, 6) is 0.350. The Morgan fingerprint density at radius 3 is 2.25 bits per heavy atom. The molecule has 44 valence electrons. The van der Waals surface area contributed by atoms with Crippen molar-refractivity contribution in [2.24, 2.45) is 5.92 Å². The molecule has 1 fully saturated rings. The molecule has 1 aliphatic rings. The molecule has 0 bridgehead atoms. The van der Waals surface area contributed by atoms with Crippen LogP contribution in [0.1, 0.15) is 19.8 Å². The minimum Gasteiger partial charge on any atom is -0.303 e. The Morgan fingerprint density at radius 2 is 2.12 bits per heavy atom. The van der Waals surface area contributed by atoms with Crippen molar-refractivity contribution in [3.63, 3.8) is 0 Å². The van der Waals surface area contributed by atoms with Crippen LogP contribution in [-0.4, -0.2) is 11.4 Å². The van der Waals surface area contributed by atoms with Crippen LogP contribution < -0.4 is 0 Å². The minimum atomic E-state index is 0.350. The van der Waals surface area contributed by atoms with Gasteiger partial charge in [0.2, 0.25) is 0 Å². The third-order valence-corrected chi connectivity index (χ3v) is 1.65. The van der Waals surface area contributed by atoms with Crippen molar-refractivity contribution < 1.29 is 0 Å². The molecule has 0 aromatic rings. The third kappa shape index (κ3) is 0.661. The number of rotatable bonds is 0. The summed E-state index contributed by atoms with van der Waals surface area (Å²) in [6.07, 6.45) is 1.83. The van der Waals surface area contributed by atoms with E-state index in [-0.39, 0.29) is 0 Å². The van der Waals surface area contributed by atoms with E-state index >= 15 is 0 Å². The minimum absolute atomic E-state index is 0.350. The highest BCUT2D eigenvalue weighted by molar-refractivity contribution is 6.42. The molecule has 8 heavy (non-hydrogen) atoms. The molecule has 0 heterocycles. The number of hydrogen-bond acceptors (Lipinski definition) is 2. The van der Waals surface area contributed by atoms with Crippen LogP contribution in [0.25, 0.3) is 0 Å². The van der Waals surface area contributed by atoms with Gasteiger partial charge in [0.1, 0.15) is 0 Å². The molecular weight excluding hydrogens is 100 g/mol. The predicted molar refractivity (Wildman–Crippen MR) is 33.9 cm³/mol. The smallest absolute Gasteiger partial charge is 0.0549 e. The van der Waals surface area contributed by atoms with Gasteiger partial charge < -0.3 is 10.8 Å². The van der Waals surface area contributed by atoms with Gasteiger partial charge in [-0.3, -0.25) is 0 Å². The van der Waals surface area contributed by atoms with Crippen molar-refractivity contribution in [2.45, 2.75) is 19.8 Å². The lowest BCUT2D eigenvalue weighted by Gasteiger charge is -1.95. The molecule has 0 aromatic heterocycles. The highest BCUT2D eigenvalue weighted by atomic mass is 14.6. The Bertz CT molecular complexity index is 137. The molecule has 0 saturated heterocycles. The molecule has 0 amide bonds. The van der Waals surface area contributed by atoms with Crippen molar-refractivity contribution in [3.8, 4) is 0 Å². The lowest BCUT2D eigenvalue weighted by atomic mass is 10.1. The van der Waals surface area contributed by atoms with Gasteiger partial charge in [0.05, 0.1) is 11.4 Å². The zero-order valence-electron chi connectivity index (χ0n) is 4.99. The lowest BCUT2D eigenvalue weighted by Crippen LogP contribution is -2.07. The Morgan fingerprint density at radius 1 is 1.50 bits per heavy atom. The second-order valence-corrected chi connectivity index (χ2v) is 2.33. The van der Waals surface area contributed by atoms with Gasteiger partial charge in [-0.1, -0.05) is 6.92 Å². The van der Waals surface area contributed by atoms with Crippen LogP contribution in [0.4, 0.5) is 0 Å². The normalized spacial score (nSPS) is 29.4. The summed E-state index contributed by atoms with van der Waals surface area (Å²) < 4.78 is 0. The van der Waals surface area contributed by atoms with E-state index in [4.69, 9.17) is 10.8 Å². The standard InChI is InChI=1S/C6H10N2/c1-4-2-3-5(7)6(4)8/h4,7-8H,2-3H2,1H3. The fourth-order valence-electron chi connectivity index (χ4n) is 0.937. The summed E-state index contributed by atoms with van der Waals surface area (Å²) >= 11 is 0. The van der Waals surface area contributed by atoms with Crippen molar-refractivity contribution in [1.82, 2.24) is 0 Å². The fourth-order valence-corrected chi connectivity index (χ4v) is 0.937. The van der Waals surface area contributed by atoms with Crippen LogP contribution in [0.3, 0.4) is 0 Å². The number of nitrogens with one attached hydrogen (secondary N) is 2. The van der Waals surface area contributed by atoms with Crippen LogP contribution in [0.2, 0.25) is 0 Å². The van der Waals surface area contributed by atoms with Crippen molar-refractivity contribution in [1.29, 1.82) is 10.8 Å². The maximum absolute atomic E-state index is 7.24. The molecule has 0 radical (unpaired) electrons. The zero-order valence-corrected chi connectivity index (χ0v) is 4.99. The molecule has 0 aromatic carbocycles. The van der Waals surface area contributed by atoms with E-state index in [1.807, 2.05) is 6.92 Å². The first kappa shape index (κ1) is 5.48. The van der Waals surface area contributed by atoms with Gasteiger partial charge in [0.25, 0.3) is 0 Å². The Balaban J connectivity index is 2.71. The summed E-state index contributed by atoms with van der Waals surface area (Å²) in [6.45, 7) is 2.00. The second kappa shape index (κ2) is 1.69. The van der Waals surface area contributed by atoms with E-state index in [0.717, 1.165) is 12.8 Å². The first-order valence-corrected chi connectivity index (χ1v) is 2.88. The third-order valence-electron chi connectivity index (χ3n) is 1.65. The maximum Gasteiger partial charge on any atom is 0.0549 e. The molecule has 1 saturated carbocycles. The first-order chi connectivity index (χ1) is 3.72. The highest BCUT2D eigenvalue weighted by Crippen LogP contribution is 2.17. The van der Waals surface area contributed by atoms with Crippen LogP contribution in [0.5, 0.6) is 0 Å². The van der Waals surface area contributed by atoms with Crippen LogP contribution in [0, 0.1) is 16.7 Å². The van der Waals surface area contributed by atoms with Gasteiger partial charge in [0.15, 0.2) is 0 Å². The largest absolute Gasteiger partial charge is 0.303 e. The monoisotopic (exact) mass is 110 g/mol. The molecule has 0 aliphatic heterocycles. The van der Waals surface area contributed by atoms with Gasteiger partial charge in [-0.25, -0.2) is 0 Å². The highest BCUT2D eigenvalue weighted by Gasteiger charge is 2.20. The summed E-state index contributed by atoms with van der Waals surface area (Å²) in [5.41, 5.74) is 1.09. The first-order valence-electron chi connectivity index (χ1n) is 2.88. The topological polar surface area (TPSA) is 47.7 Å². The second-order valence-electron chi connectivity index (χ2n) is 2.33. The van der Waals surface area contributed by atoms with E-state index in [1.165, 1.54) is 0 Å². The molecule has 0 spiro atoms. The average molecular weight is 110 g/mol. The Kier molecular flexibility index (Phi) is 1.16. The predicted octanol–water partition coefficient (Wildman–Crippen LogP) is 1.46. The van der Waals surface area contributed by atoms with Crippen LogP contribution >= 0.6 is 0 Å². The molecule has 2 nitrogen and oxygen atoms in total.